The molecule has 0 aliphatic heterocycles. The third-order valence-corrected chi connectivity index (χ3v) is 6.39. The van der Waals surface area contributed by atoms with E-state index in [9.17, 15) is 0 Å². The highest BCUT2D eigenvalue weighted by atomic mass is 79.9. The summed E-state index contributed by atoms with van der Waals surface area (Å²) in [6.45, 7) is 4.92. The third-order valence-electron chi connectivity index (χ3n) is 2.30. The van der Waals surface area contributed by atoms with Crippen LogP contribution in [0.25, 0.3) is 0 Å². The smallest absolute Gasteiger partial charge is 0.0525 e. The highest BCUT2D eigenvalue weighted by Gasteiger charge is 2.19. The van der Waals surface area contributed by atoms with Crippen LogP contribution in [0.5, 0.6) is 0 Å². The number of alkyl halides is 1. The lowest BCUT2D eigenvalue weighted by atomic mass is 10.2. The van der Waals surface area contributed by atoms with Crippen LogP contribution >= 0.6 is 15.9 Å². The van der Waals surface area contributed by atoms with E-state index < -0.39 is 8.07 Å². The topological polar surface area (TPSA) is 0 Å². The molecule has 0 aromatic heterocycles. The summed E-state index contributed by atoms with van der Waals surface area (Å²) < 4.78 is 0. The molecule has 72 valence electrons. The van der Waals surface area contributed by atoms with Gasteiger partial charge in [0.25, 0.3) is 0 Å². The van der Waals surface area contributed by atoms with Gasteiger partial charge in [0.05, 0.1) is 8.07 Å². The molecular weight excluding hydrogens is 240 g/mol. The fraction of sp³-hybridized carbons (Fsp3) is 0.455. The third kappa shape index (κ3) is 4.10. The molecule has 1 rings (SSSR count). The first kappa shape index (κ1) is 11.0. The van der Waals surface area contributed by atoms with E-state index in [2.05, 4.69) is 59.4 Å². The summed E-state index contributed by atoms with van der Waals surface area (Å²) in [5.41, 5.74) is 1.50. The number of hydrogen-bond donors (Lipinski definition) is 0. The van der Waals surface area contributed by atoms with Gasteiger partial charge in [0.15, 0.2) is 0 Å². The van der Waals surface area contributed by atoms with Gasteiger partial charge in [-0.25, -0.2) is 0 Å². The largest absolute Gasteiger partial charge is 0.0931 e. The molecule has 0 N–H and O–H groups in total. The highest BCUT2D eigenvalue weighted by Crippen LogP contribution is 2.17. The Morgan fingerprint density at radius 3 is 2.31 bits per heavy atom. The SMILES string of the molecule is C[Si](C)(CCBr)Cc1ccccc1. The zero-order chi connectivity index (χ0) is 9.73. The average Bonchev–Trinajstić information content (AvgIpc) is 2.04. The summed E-state index contributed by atoms with van der Waals surface area (Å²) in [5.74, 6) is 0. The minimum Gasteiger partial charge on any atom is -0.0931 e. The van der Waals surface area contributed by atoms with Crippen molar-refractivity contribution in [2.45, 2.75) is 25.2 Å². The van der Waals surface area contributed by atoms with Gasteiger partial charge in [0.2, 0.25) is 0 Å². The van der Waals surface area contributed by atoms with Crippen LogP contribution in [0.1, 0.15) is 5.56 Å². The minimum atomic E-state index is -0.991. The molecule has 0 aliphatic rings. The number of hydrogen-bond acceptors (Lipinski definition) is 0. The molecule has 0 unspecified atom stereocenters. The van der Waals surface area contributed by atoms with Gasteiger partial charge in [-0.15, -0.1) is 0 Å². The van der Waals surface area contributed by atoms with E-state index in [4.69, 9.17) is 0 Å². The summed E-state index contributed by atoms with van der Waals surface area (Å²) in [6, 6.07) is 13.5. The van der Waals surface area contributed by atoms with Gasteiger partial charge in [-0.05, 0) is 12.1 Å². The summed E-state index contributed by atoms with van der Waals surface area (Å²) in [6.07, 6.45) is 0. The van der Waals surface area contributed by atoms with E-state index >= 15 is 0 Å². The van der Waals surface area contributed by atoms with E-state index in [0.29, 0.717) is 0 Å². The van der Waals surface area contributed by atoms with Crippen LogP contribution in [0, 0.1) is 0 Å². The maximum atomic E-state index is 3.53. The Bertz CT molecular complexity index is 244. The molecule has 0 aliphatic carbocycles. The number of halogens is 1. The maximum Gasteiger partial charge on any atom is 0.0525 e. The quantitative estimate of drug-likeness (QED) is 0.567. The van der Waals surface area contributed by atoms with Crippen molar-refractivity contribution >= 4 is 24.0 Å². The van der Waals surface area contributed by atoms with E-state index in [1.165, 1.54) is 17.7 Å². The standard InChI is InChI=1S/C11H17BrSi/c1-13(2,9-8-12)10-11-6-4-3-5-7-11/h3-7H,8-10H2,1-2H3. The zero-order valence-electron chi connectivity index (χ0n) is 8.39. The fourth-order valence-corrected chi connectivity index (χ4v) is 6.74. The van der Waals surface area contributed by atoms with Gasteiger partial charge in [0, 0.05) is 5.33 Å². The molecule has 0 saturated heterocycles. The van der Waals surface area contributed by atoms with Gasteiger partial charge in [-0.3, -0.25) is 0 Å². The molecule has 0 fully saturated rings. The van der Waals surface area contributed by atoms with Crippen LogP contribution in [-0.2, 0) is 6.04 Å². The normalized spacial score (nSPS) is 11.6. The maximum absolute atomic E-state index is 3.53. The first-order valence-corrected chi connectivity index (χ1v) is 9.27. The van der Waals surface area contributed by atoms with Gasteiger partial charge < -0.3 is 0 Å². The van der Waals surface area contributed by atoms with Crippen molar-refractivity contribution in [2.75, 3.05) is 5.33 Å². The Morgan fingerprint density at radius 1 is 1.15 bits per heavy atom. The molecule has 0 atom stereocenters. The van der Waals surface area contributed by atoms with Crippen LogP contribution in [0.2, 0.25) is 19.1 Å². The summed E-state index contributed by atoms with van der Waals surface area (Å²) in [7, 11) is -0.991. The molecule has 0 nitrogen and oxygen atoms in total. The molecule has 0 heterocycles. The van der Waals surface area contributed by atoms with Crippen LogP contribution in [0.15, 0.2) is 30.3 Å². The lowest BCUT2D eigenvalue weighted by molar-refractivity contribution is 1.24. The van der Waals surface area contributed by atoms with Gasteiger partial charge in [-0.1, -0.05) is 64.9 Å². The van der Waals surface area contributed by atoms with Crippen molar-refractivity contribution in [3.8, 4) is 0 Å². The lowest BCUT2D eigenvalue weighted by Crippen LogP contribution is -2.29. The molecule has 0 radical (unpaired) electrons. The van der Waals surface area contributed by atoms with Gasteiger partial charge >= 0.3 is 0 Å². The predicted molar refractivity (Wildman–Crippen MR) is 66.2 cm³/mol. The van der Waals surface area contributed by atoms with E-state index in [-0.39, 0.29) is 0 Å². The summed E-state index contributed by atoms with van der Waals surface area (Å²) in [5, 5.41) is 1.15. The van der Waals surface area contributed by atoms with Crippen molar-refractivity contribution in [3.63, 3.8) is 0 Å². The van der Waals surface area contributed by atoms with Crippen molar-refractivity contribution < 1.29 is 0 Å². The molecule has 0 amide bonds. The zero-order valence-corrected chi connectivity index (χ0v) is 11.0. The Balaban J connectivity index is 2.58. The number of benzene rings is 1. The van der Waals surface area contributed by atoms with E-state index in [0.717, 1.165) is 5.33 Å². The van der Waals surface area contributed by atoms with Crippen LogP contribution in [0.4, 0.5) is 0 Å². The Morgan fingerprint density at radius 2 is 1.77 bits per heavy atom. The van der Waals surface area contributed by atoms with E-state index in [1.54, 1.807) is 0 Å². The predicted octanol–water partition coefficient (Wildman–Crippen LogP) is 3.87. The van der Waals surface area contributed by atoms with Gasteiger partial charge in [0.1, 0.15) is 0 Å². The van der Waals surface area contributed by atoms with E-state index in [1.807, 2.05) is 0 Å². The Labute approximate surface area is 90.5 Å². The Hall–Kier alpha value is -0.0831. The van der Waals surface area contributed by atoms with Crippen LogP contribution in [0.3, 0.4) is 0 Å². The second-order valence-corrected chi connectivity index (χ2v) is 10.2. The molecule has 1 aromatic carbocycles. The van der Waals surface area contributed by atoms with Gasteiger partial charge in [-0.2, -0.15) is 0 Å². The second kappa shape index (κ2) is 4.96. The monoisotopic (exact) mass is 256 g/mol. The molecule has 1 aromatic rings. The molecule has 2 heteroatoms. The summed E-state index contributed by atoms with van der Waals surface area (Å²) >= 11 is 3.53. The molecular formula is C11H17BrSi. The molecule has 0 spiro atoms. The van der Waals surface area contributed by atoms with Crippen molar-refractivity contribution in [1.29, 1.82) is 0 Å². The first-order valence-electron chi connectivity index (χ1n) is 4.74. The van der Waals surface area contributed by atoms with Crippen molar-refractivity contribution in [1.82, 2.24) is 0 Å². The van der Waals surface area contributed by atoms with Crippen molar-refractivity contribution in [3.05, 3.63) is 35.9 Å². The second-order valence-electron chi connectivity index (χ2n) is 4.27. The molecule has 13 heavy (non-hydrogen) atoms. The van der Waals surface area contributed by atoms with Crippen LogP contribution in [-0.4, -0.2) is 13.4 Å². The minimum absolute atomic E-state index is 0.991. The average molecular weight is 257 g/mol. The molecule has 0 saturated carbocycles. The lowest BCUT2D eigenvalue weighted by Gasteiger charge is -2.20. The Kier molecular flexibility index (Phi) is 4.20. The highest BCUT2D eigenvalue weighted by molar-refractivity contribution is 9.09. The molecule has 0 bridgehead atoms. The fourth-order valence-electron chi connectivity index (χ4n) is 1.49. The summed E-state index contributed by atoms with van der Waals surface area (Å²) in [4.78, 5) is 0. The first-order chi connectivity index (χ1) is 6.14. The van der Waals surface area contributed by atoms with Crippen LogP contribution < -0.4 is 0 Å². The number of rotatable bonds is 4. The van der Waals surface area contributed by atoms with Crippen molar-refractivity contribution in [2.24, 2.45) is 0 Å².